The van der Waals surface area contributed by atoms with Crippen molar-refractivity contribution in [2.24, 2.45) is 0 Å². The van der Waals surface area contributed by atoms with Crippen LogP contribution in [0, 0.1) is 0 Å². The molecule has 0 radical (unpaired) electrons. The van der Waals surface area contributed by atoms with Crippen molar-refractivity contribution in [3.8, 4) is 17.2 Å². The Morgan fingerprint density at radius 3 is 2.29 bits per heavy atom. The summed E-state index contributed by atoms with van der Waals surface area (Å²) in [7, 11) is 4.73. The fourth-order valence-corrected chi connectivity index (χ4v) is 4.27. The fraction of sp³-hybridized carbons (Fsp3) is 0.435. The summed E-state index contributed by atoms with van der Waals surface area (Å²) >= 11 is 0. The standard InChI is InChI=1S/C23H27NO4/c1-26-20-14-22(28-3)21(27-2)13-18(20)23(25)24(16-11-12-16)19-10-6-8-15-7-4-5-9-17(15)19/h4-5,7,9,13-14,16,19H,6,8,10-12H2,1-3H3. The highest BCUT2D eigenvalue weighted by Gasteiger charge is 2.40. The molecule has 4 rings (SSSR count). The van der Waals surface area contributed by atoms with Gasteiger partial charge in [-0.05, 0) is 43.2 Å². The summed E-state index contributed by atoms with van der Waals surface area (Å²) in [5.74, 6) is 1.60. The van der Waals surface area contributed by atoms with Crippen LogP contribution in [0.15, 0.2) is 36.4 Å². The molecule has 1 amide bonds. The van der Waals surface area contributed by atoms with Gasteiger partial charge in [-0.25, -0.2) is 0 Å². The lowest BCUT2D eigenvalue weighted by Crippen LogP contribution is -2.38. The third-order valence-corrected chi connectivity index (χ3v) is 5.78. The number of aryl methyl sites for hydroxylation is 1. The first-order chi connectivity index (χ1) is 13.7. The number of methoxy groups -OCH3 is 3. The highest BCUT2D eigenvalue weighted by atomic mass is 16.5. The zero-order valence-electron chi connectivity index (χ0n) is 16.7. The largest absolute Gasteiger partial charge is 0.496 e. The Labute approximate surface area is 166 Å². The van der Waals surface area contributed by atoms with Crippen LogP contribution in [0.4, 0.5) is 0 Å². The monoisotopic (exact) mass is 381 g/mol. The number of hydrogen-bond acceptors (Lipinski definition) is 4. The third-order valence-electron chi connectivity index (χ3n) is 5.78. The molecular formula is C23H27NO4. The van der Waals surface area contributed by atoms with Gasteiger partial charge in [0.2, 0.25) is 0 Å². The molecule has 0 N–H and O–H groups in total. The van der Waals surface area contributed by atoms with Gasteiger partial charge in [-0.3, -0.25) is 4.79 Å². The van der Waals surface area contributed by atoms with Gasteiger partial charge in [0, 0.05) is 18.2 Å². The summed E-state index contributed by atoms with van der Waals surface area (Å²) in [5, 5.41) is 0. The Morgan fingerprint density at radius 1 is 0.929 bits per heavy atom. The van der Waals surface area contributed by atoms with Crippen molar-refractivity contribution in [1.82, 2.24) is 4.90 Å². The summed E-state index contributed by atoms with van der Waals surface area (Å²) in [6, 6.07) is 12.4. The van der Waals surface area contributed by atoms with Crippen LogP contribution in [0.1, 0.15) is 53.2 Å². The van der Waals surface area contributed by atoms with Gasteiger partial charge in [-0.1, -0.05) is 24.3 Å². The minimum Gasteiger partial charge on any atom is -0.496 e. The molecule has 2 aliphatic rings. The van der Waals surface area contributed by atoms with Gasteiger partial charge in [0.05, 0.1) is 32.9 Å². The Bertz CT molecular complexity index is 875. The average molecular weight is 381 g/mol. The molecule has 5 heteroatoms. The molecule has 0 aromatic heterocycles. The van der Waals surface area contributed by atoms with Crippen molar-refractivity contribution in [2.75, 3.05) is 21.3 Å². The van der Waals surface area contributed by atoms with E-state index in [0.717, 1.165) is 32.1 Å². The Kier molecular flexibility index (Phi) is 5.16. The summed E-state index contributed by atoms with van der Waals surface area (Å²) in [4.78, 5) is 15.8. The number of hydrogen-bond donors (Lipinski definition) is 0. The Morgan fingerprint density at radius 2 is 1.61 bits per heavy atom. The quantitative estimate of drug-likeness (QED) is 0.744. The number of nitrogens with zero attached hydrogens (tertiary/aromatic N) is 1. The number of carbonyl (C=O) groups is 1. The lowest BCUT2D eigenvalue weighted by Gasteiger charge is -2.36. The smallest absolute Gasteiger partial charge is 0.258 e. The molecule has 5 nitrogen and oxygen atoms in total. The molecule has 2 aromatic carbocycles. The maximum absolute atomic E-state index is 13.7. The summed E-state index contributed by atoms with van der Waals surface area (Å²) in [5.41, 5.74) is 3.17. The second-order valence-corrected chi connectivity index (χ2v) is 7.46. The van der Waals surface area contributed by atoms with Crippen molar-refractivity contribution in [1.29, 1.82) is 0 Å². The second-order valence-electron chi connectivity index (χ2n) is 7.46. The molecule has 1 fully saturated rings. The predicted molar refractivity (Wildman–Crippen MR) is 107 cm³/mol. The summed E-state index contributed by atoms with van der Waals surface area (Å²) in [6.45, 7) is 0. The number of fused-ring (bicyclic) bond motifs is 1. The molecule has 0 heterocycles. The van der Waals surface area contributed by atoms with Crippen molar-refractivity contribution >= 4 is 5.91 Å². The van der Waals surface area contributed by atoms with E-state index in [0.29, 0.717) is 28.9 Å². The Hall–Kier alpha value is -2.69. The van der Waals surface area contributed by atoms with Crippen LogP contribution in [0.2, 0.25) is 0 Å². The second kappa shape index (κ2) is 7.74. The van der Waals surface area contributed by atoms with E-state index in [-0.39, 0.29) is 11.9 Å². The lowest BCUT2D eigenvalue weighted by atomic mass is 9.86. The first-order valence-corrected chi connectivity index (χ1v) is 9.88. The van der Waals surface area contributed by atoms with Crippen molar-refractivity contribution < 1.29 is 19.0 Å². The number of benzene rings is 2. The van der Waals surface area contributed by atoms with E-state index >= 15 is 0 Å². The maximum atomic E-state index is 13.7. The minimum absolute atomic E-state index is 0.00186. The molecule has 148 valence electrons. The number of amides is 1. The van der Waals surface area contributed by atoms with Crippen molar-refractivity contribution in [2.45, 2.75) is 44.2 Å². The van der Waals surface area contributed by atoms with Crippen LogP contribution in [-0.2, 0) is 6.42 Å². The topological polar surface area (TPSA) is 48.0 Å². The molecule has 1 atom stereocenters. The van der Waals surface area contributed by atoms with Crippen molar-refractivity contribution in [3.05, 3.63) is 53.1 Å². The van der Waals surface area contributed by atoms with Gasteiger partial charge >= 0.3 is 0 Å². The molecule has 0 aliphatic heterocycles. The summed E-state index contributed by atoms with van der Waals surface area (Å²) in [6.07, 6.45) is 5.29. The van der Waals surface area contributed by atoms with Crippen LogP contribution in [-0.4, -0.2) is 38.2 Å². The van der Waals surface area contributed by atoms with E-state index in [2.05, 4.69) is 29.2 Å². The molecule has 1 unspecified atom stereocenters. The normalized spacial score (nSPS) is 18.2. The third kappa shape index (κ3) is 3.30. The number of ether oxygens (including phenoxy) is 3. The van der Waals surface area contributed by atoms with E-state index in [9.17, 15) is 4.79 Å². The van der Waals surface area contributed by atoms with Crippen LogP contribution < -0.4 is 14.2 Å². The van der Waals surface area contributed by atoms with Crippen LogP contribution in [0.25, 0.3) is 0 Å². The van der Waals surface area contributed by atoms with E-state index in [1.54, 1.807) is 33.5 Å². The SMILES string of the molecule is COc1cc(OC)c(C(=O)N(C2CC2)C2CCCc3ccccc32)cc1OC. The van der Waals surface area contributed by atoms with E-state index in [1.165, 1.54) is 11.1 Å². The van der Waals surface area contributed by atoms with Gasteiger partial charge in [0.1, 0.15) is 5.75 Å². The van der Waals surface area contributed by atoms with Gasteiger partial charge < -0.3 is 19.1 Å². The van der Waals surface area contributed by atoms with Crippen LogP contribution in [0.5, 0.6) is 17.2 Å². The number of carbonyl (C=O) groups excluding carboxylic acids is 1. The lowest BCUT2D eigenvalue weighted by molar-refractivity contribution is 0.0634. The van der Waals surface area contributed by atoms with Gasteiger partial charge in [0.15, 0.2) is 11.5 Å². The highest BCUT2D eigenvalue weighted by molar-refractivity contribution is 5.98. The van der Waals surface area contributed by atoms with Gasteiger partial charge in [-0.2, -0.15) is 0 Å². The van der Waals surface area contributed by atoms with E-state index < -0.39 is 0 Å². The maximum Gasteiger partial charge on any atom is 0.258 e. The van der Waals surface area contributed by atoms with Gasteiger partial charge in [-0.15, -0.1) is 0 Å². The average Bonchev–Trinajstić information content (AvgIpc) is 3.58. The molecule has 1 saturated carbocycles. The van der Waals surface area contributed by atoms with Crippen molar-refractivity contribution in [3.63, 3.8) is 0 Å². The predicted octanol–water partition coefficient (Wildman–Crippen LogP) is 4.39. The molecule has 2 aliphatic carbocycles. The molecule has 28 heavy (non-hydrogen) atoms. The fourth-order valence-electron chi connectivity index (χ4n) is 4.27. The molecular weight excluding hydrogens is 354 g/mol. The zero-order chi connectivity index (χ0) is 19.7. The summed E-state index contributed by atoms with van der Waals surface area (Å²) < 4.78 is 16.3. The van der Waals surface area contributed by atoms with Crippen LogP contribution in [0.3, 0.4) is 0 Å². The van der Waals surface area contributed by atoms with Gasteiger partial charge in [0.25, 0.3) is 5.91 Å². The van der Waals surface area contributed by atoms with Crippen LogP contribution >= 0.6 is 0 Å². The minimum atomic E-state index is 0.00186. The zero-order valence-corrected chi connectivity index (χ0v) is 16.7. The molecule has 0 spiro atoms. The highest BCUT2D eigenvalue weighted by Crippen LogP contribution is 2.43. The van der Waals surface area contributed by atoms with E-state index in [1.807, 2.05) is 0 Å². The number of rotatable bonds is 6. The first-order valence-electron chi connectivity index (χ1n) is 9.88. The Balaban J connectivity index is 1.75. The molecule has 0 saturated heterocycles. The molecule has 2 aromatic rings. The first kappa shape index (κ1) is 18.7. The van der Waals surface area contributed by atoms with E-state index in [4.69, 9.17) is 14.2 Å². The molecule has 0 bridgehead atoms.